The van der Waals surface area contributed by atoms with Gasteiger partial charge in [0.25, 0.3) is 0 Å². The van der Waals surface area contributed by atoms with Crippen LogP contribution in [0.3, 0.4) is 0 Å². The van der Waals surface area contributed by atoms with Crippen molar-refractivity contribution >= 4 is 34.7 Å². The summed E-state index contributed by atoms with van der Waals surface area (Å²) in [6.07, 6.45) is 0. The first kappa shape index (κ1) is 12.4. The van der Waals surface area contributed by atoms with Crippen molar-refractivity contribution in [2.24, 2.45) is 5.73 Å². The number of fused-ring (bicyclic) bond motifs is 1. The number of H-pyrrole nitrogens is 1. The number of amides is 1. The normalized spacial score (nSPS) is 12.5. The zero-order chi connectivity index (χ0) is 13.3. The molecule has 1 unspecified atom stereocenters. The zero-order valence-corrected chi connectivity index (χ0v) is 10.3. The maximum absolute atomic E-state index is 10.9. The predicted molar refractivity (Wildman–Crippen MR) is 67.6 cm³/mol. The standard InChI is InChI=1S/C11H11N3O3S/c1-5(9(12)15)18-11-13-7-3-2-6(10(16)17)4-8(7)14-11/h2-5H,1H3,(H2,12,15)(H,13,14)(H,16,17). The van der Waals surface area contributed by atoms with Crippen LogP contribution >= 0.6 is 11.8 Å². The number of carbonyl (C=O) groups excluding carboxylic acids is 1. The summed E-state index contributed by atoms with van der Waals surface area (Å²) in [4.78, 5) is 29.0. The molecule has 1 heterocycles. The summed E-state index contributed by atoms with van der Waals surface area (Å²) in [5.74, 6) is -1.42. The number of thioether (sulfide) groups is 1. The topological polar surface area (TPSA) is 109 Å². The number of aromatic amines is 1. The molecule has 0 spiro atoms. The van der Waals surface area contributed by atoms with Crippen molar-refractivity contribution in [3.63, 3.8) is 0 Å². The van der Waals surface area contributed by atoms with E-state index in [1.165, 1.54) is 23.9 Å². The number of carboxylic acid groups (broad SMARTS) is 1. The Labute approximate surface area is 107 Å². The van der Waals surface area contributed by atoms with E-state index in [0.717, 1.165) is 0 Å². The van der Waals surface area contributed by atoms with Crippen molar-refractivity contribution in [3.8, 4) is 0 Å². The monoisotopic (exact) mass is 265 g/mol. The predicted octanol–water partition coefficient (Wildman–Crippen LogP) is 1.23. The molecular formula is C11H11N3O3S. The average molecular weight is 265 g/mol. The van der Waals surface area contributed by atoms with Crippen LogP contribution < -0.4 is 5.73 Å². The van der Waals surface area contributed by atoms with Gasteiger partial charge in [-0.3, -0.25) is 4.79 Å². The highest BCUT2D eigenvalue weighted by Crippen LogP contribution is 2.23. The molecule has 1 aromatic carbocycles. The summed E-state index contributed by atoms with van der Waals surface area (Å²) in [6.45, 7) is 1.68. The summed E-state index contributed by atoms with van der Waals surface area (Å²) in [5, 5.41) is 9.01. The second-order valence-electron chi connectivity index (χ2n) is 3.74. The van der Waals surface area contributed by atoms with E-state index in [-0.39, 0.29) is 5.56 Å². The molecule has 0 aliphatic carbocycles. The fraction of sp³-hybridized carbons (Fsp3) is 0.182. The molecule has 0 saturated heterocycles. The maximum Gasteiger partial charge on any atom is 0.335 e. The van der Waals surface area contributed by atoms with Crippen LogP contribution in [0.25, 0.3) is 11.0 Å². The third-order valence-corrected chi connectivity index (χ3v) is 3.40. The number of imidazole rings is 1. The van der Waals surface area contributed by atoms with E-state index in [9.17, 15) is 9.59 Å². The Morgan fingerprint density at radius 2 is 2.22 bits per heavy atom. The quantitative estimate of drug-likeness (QED) is 0.720. The van der Waals surface area contributed by atoms with Crippen LogP contribution in [0, 0.1) is 0 Å². The molecule has 18 heavy (non-hydrogen) atoms. The molecule has 4 N–H and O–H groups in total. The first-order valence-electron chi connectivity index (χ1n) is 5.16. The molecular weight excluding hydrogens is 254 g/mol. The molecule has 0 fully saturated rings. The highest BCUT2D eigenvalue weighted by atomic mass is 32.2. The van der Waals surface area contributed by atoms with Gasteiger partial charge in [-0.15, -0.1) is 0 Å². The molecule has 2 rings (SSSR count). The minimum absolute atomic E-state index is 0.186. The van der Waals surface area contributed by atoms with Crippen LogP contribution in [-0.4, -0.2) is 32.2 Å². The summed E-state index contributed by atoms with van der Waals surface area (Å²) in [5.41, 5.74) is 6.62. The van der Waals surface area contributed by atoms with Crippen molar-refractivity contribution in [2.75, 3.05) is 0 Å². The van der Waals surface area contributed by atoms with Crippen molar-refractivity contribution in [1.29, 1.82) is 0 Å². The number of carboxylic acids is 1. The number of nitrogens with zero attached hydrogens (tertiary/aromatic N) is 1. The Bertz CT molecular complexity index is 623. The molecule has 0 saturated carbocycles. The SMILES string of the molecule is CC(Sc1nc2ccc(C(=O)O)cc2[nH]1)C(N)=O. The molecule has 2 aromatic rings. The van der Waals surface area contributed by atoms with E-state index in [2.05, 4.69) is 9.97 Å². The van der Waals surface area contributed by atoms with E-state index in [1.807, 2.05) is 0 Å². The lowest BCUT2D eigenvalue weighted by atomic mass is 10.2. The Kier molecular flexibility index (Phi) is 3.24. The smallest absolute Gasteiger partial charge is 0.335 e. The van der Waals surface area contributed by atoms with Gasteiger partial charge < -0.3 is 15.8 Å². The zero-order valence-electron chi connectivity index (χ0n) is 9.51. The molecule has 7 heteroatoms. The molecule has 0 aliphatic heterocycles. The van der Waals surface area contributed by atoms with Crippen molar-refractivity contribution in [2.45, 2.75) is 17.3 Å². The Balaban J connectivity index is 2.32. The maximum atomic E-state index is 10.9. The first-order valence-corrected chi connectivity index (χ1v) is 6.04. The average Bonchev–Trinajstić information content (AvgIpc) is 2.69. The van der Waals surface area contributed by atoms with E-state index >= 15 is 0 Å². The number of benzene rings is 1. The Hall–Kier alpha value is -2.02. The lowest BCUT2D eigenvalue weighted by Crippen LogP contribution is -2.22. The molecule has 0 bridgehead atoms. The molecule has 1 amide bonds. The molecule has 0 aliphatic rings. The van der Waals surface area contributed by atoms with E-state index < -0.39 is 17.1 Å². The number of hydrogen-bond acceptors (Lipinski definition) is 4. The van der Waals surface area contributed by atoms with E-state index in [1.54, 1.807) is 13.0 Å². The highest BCUT2D eigenvalue weighted by molar-refractivity contribution is 8.00. The molecule has 1 aromatic heterocycles. The van der Waals surface area contributed by atoms with Crippen LogP contribution in [0.4, 0.5) is 0 Å². The lowest BCUT2D eigenvalue weighted by molar-refractivity contribution is -0.117. The second-order valence-corrected chi connectivity index (χ2v) is 5.07. The summed E-state index contributed by atoms with van der Waals surface area (Å²) in [7, 11) is 0. The van der Waals surface area contributed by atoms with E-state index in [4.69, 9.17) is 10.8 Å². The fourth-order valence-electron chi connectivity index (χ4n) is 1.40. The van der Waals surface area contributed by atoms with Crippen LogP contribution in [0.1, 0.15) is 17.3 Å². The van der Waals surface area contributed by atoms with Gasteiger partial charge in [0.2, 0.25) is 5.91 Å². The number of nitrogens with two attached hydrogens (primary N) is 1. The van der Waals surface area contributed by atoms with Gasteiger partial charge in [-0.25, -0.2) is 9.78 Å². The van der Waals surface area contributed by atoms with Crippen LogP contribution in [-0.2, 0) is 4.79 Å². The fourth-order valence-corrected chi connectivity index (χ4v) is 2.17. The number of hydrogen-bond donors (Lipinski definition) is 3. The van der Waals surface area contributed by atoms with Crippen molar-refractivity contribution in [3.05, 3.63) is 23.8 Å². The summed E-state index contributed by atoms with van der Waals surface area (Å²) < 4.78 is 0. The summed E-state index contributed by atoms with van der Waals surface area (Å²) in [6, 6.07) is 4.61. The highest BCUT2D eigenvalue weighted by Gasteiger charge is 2.14. The van der Waals surface area contributed by atoms with E-state index in [0.29, 0.717) is 16.2 Å². The van der Waals surface area contributed by atoms with Gasteiger partial charge in [0.1, 0.15) is 0 Å². The third kappa shape index (κ3) is 2.45. The lowest BCUT2D eigenvalue weighted by Gasteiger charge is -2.02. The van der Waals surface area contributed by atoms with Gasteiger partial charge in [-0.2, -0.15) is 0 Å². The molecule has 0 radical (unpaired) electrons. The van der Waals surface area contributed by atoms with Gasteiger partial charge in [0, 0.05) is 0 Å². The van der Waals surface area contributed by atoms with Crippen LogP contribution in [0.15, 0.2) is 23.4 Å². The molecule has 1 atom stereocenters. The number of rotatable bonds is 4. The number of carbonyl (C=O) groups is 2. The van der Waals surface area contributed by atoms with Gasteiger partial charge in [-0.1, -0.05) is 11.8 Å². The van der Waals surface area contributed by atoms with Crippen LogP contribution in [0.5, 0.6) is 0 Å². The minimum Gasteiger partial charge on any atom is -0.478 e. The van der Waals surface area contributed by atoms with Crippen molar-refractivity contribution < 1.29 is 14.7 Å². The third-order valence-electron chi connectivity index (χ3n) is 2.40. The van der Waals surface area contributed by atoms with Gasteiger partial charge in [0.15, 0.2) is 5.16 Å². The van der Waals surface area contributed by atoms with Gasteiger partial charge in [0.05, 0.1) is 21.8 Å². The Morgan fingerprint density at radius 1 is 1.50 bits per heavy atom. The molecule has 6 nitrogen and oxygen atoms in total. The largest absolute Gasteiger partial charge is 0.478 e. The first-order chi connectivity index (χ1) is 8.47. The van der Waals surface area contributed by atoms with Crippen LogP contribution in [0.2, 0.25) is 0 Å². The number of nitrogens with one attached hydrogen (secondary N) is 1. The number of aromatic nitrogens is 2. The van der Waals surface area contributed by atoms with Gasteiger partial charge in [-0.05, 0) is 25.1 Å². The minimum atomic E-state index is -0.994. The van der Waals surface area contributed by atoms with Crippen molar-refractivity contribution in [1.82, 2.24) is 9.97 Å². The molecule has 94 valence electrons. The second kappa shape index (κ2) is 4.69. The van der Waals surface area contributed by atoms with Gasteiger partial charge >= 0.3 is 5.97 Å². The Morgan fingerprint density at radius 3 is 2.83 bits per heavy atom. The number of primary amides is 1. The summed E-state index contributed by atoms with van der Waals surface area (Å²) >= 11 is 1.20. The number of aromatic carboxylic acids is 1.